The van der Waals surface area contributed by atoms with Crippen LogP contribution in [0.15, 0.2) is 34.7 Å². The minimum atomic E-state index is -4.00. The highest BCUT2D eigenvalue weighted by atomic mass is 32.2. The number of hydrogen-bond acceptors (Lipinski definition) is 9. The number of aromatic nitrogens is 4. The van der Waals surface area contributed by atoms with E-state index < -0.39 is 10.0 Å². The molecule has 0 saturated carbocycles. The smallest absolute Gasteiger partial charge is 0.304 e. The van der Waals surface area contributed by atoms with Crippen LogP contribution < -0.4 is 11.1 Å². The van der Waals surface area contributed by atoms with E-state index in [-0.39, 0.29) is 16.9 Å². The molecule has 0 saturated heterocycles. The van der Waals surface area contributed by atoms with Crippen LogP contribution in [0, 0.1) is 18.3 Å². The molecule has 3 N–H and O–H groups in total. The van der Waals surface area contributed by atoms with E-state index in [4.69, 9.17) is 11.0 Å². The van der Waals surface area contributed by atoms with Gasteiger partial charge in [-0.3, -0.25) is 0 Å². The van der Waals surface area contributed by atoms with Crippen molar-refractivity contribution in [1.29, 1.82) is 5.26 Å². The van der Waals surface area contributed by atoms with E-state index in [9.17, 15) is 8.42 Å². The third-order valence-electron chi connectivity index (χ3n) is 2.96. The number of anilines is 3. The number of nitrogens with zero attached hydrogens (tertiary/aromatic N) is 5. The number of benzene rings is 1. The normalized spacial score (nSPS) is 11.2. The van der Waals surface area contributed by atoms with Gasteiger partial charge in [0, 0.05) is 11.1 Å². The molecule has 0 bridgehead atoms. The Morgan fingerprint density at radius 2 is 2.00 bits per heavy atom. The molecule has 0 unspecified atom stereocenters. The van der Waals surface area contributed by atoms with Crippen molar-refractivity contribution in [3.8, 4) is 6.07 Å². The Hall–Kier alpha value is -2.97. The summed E-state index contributed by atoms with van der Waals surface area (Å²) < 4.78 is 25.6. The fourth-order valence-electron chi connectivity index (χ4n) is 1.85. The van der Waals surface area contributed by atoms with Gasteiger partial charge in [-0.05, 0) is 31.2 Å². The average Bonchev–Trinajstić information content (AvgIpc) is 3.15. The average molecular weight is 361 g/mol. The molecule has 0 atom stereocenters. The molecule has 1 aromatic carbocycles. The highest BCUT2D eigenvalue weighted by Gasteiger charge is 2.25. The van der Waals surface area contributed by atoms with Crippen molar-refractivity contribution in [3.63, 3.8) is 0 Å². The molecule has 0 spiro atoms. The van der Waals surface area contributed by atoms with E-state index in [2.05, 4.69) is 20.4 Å². The summed E-state index contributed by atoms with van der Waals surface area (Å²) in [6, 6.07) is 8.51. The van der Waals surface area contributed by atoms with Crippen molar-refractivity contribution in [2.24, 2.45) is 0 Å². The van der Waals surface area contributed by atoms with Crippen molar-refractivity contribution in [3.05, 3.63) is 40.2 Å². The summed E-state index contributed by atoms with van der Waals surface area (Å²) in [5.41, 5.74) is 6.76. The fourth-order valence-corrected chi connectivity index (χ4v) is 3.91. The molecule has 0 fully saturated rings. The van der Waals surface area contributed by atoms with E-state index in [1.54, 1.807) is 31.2 Å². The zero-order valence-electron chi connectivity index (χ0n) is 12.3. The van der Waals surface area contributed by atoms with Gasteiger partial charge in [0.15, 0.2) is 5.03 Å². The van der Waals surface area contributed by atoms with Crippen LogP contribution in [-0.4, -0.2) is 27.6 Å². The molecule has 0 amide bonds. The first-order valence-corrected chi connectivity index (χ1v) is 8.89. The van der Waals surface area contributed by atoms with Gasteiger partial charge < -0.3 is 11.1 Å². The zero-order valence-corrected chi connectivity index (χ0v) is 14.0. The summed E-state index contributed by atoms with van der Waals surface area (Å²) in [5.74, 6) is -0.260. The van der Waals surface area contributed by atoms with Crippen molar-refractivity contribution in [1.82, 2.24) is 19.2 Å². The molecule has 2 aromatic heterocycles. The maximum atomic E-state index is 12.5. The number of nitrogens with one attached hydrogen (secondary N) is 1. The van der Waals surface area contributed by atoms with Crippen LogP contribution in [0.1, 0.15) is 10.6 Å². The van der Waals surface area contributed by atoms with Gasteiger partial charge in [0.2, 0.25) is 11.9 Å². The predicted octanol–water partition coefficient (Wildman–Crippen LogP) is 1.48. The molecule has 11 heteroatoms. The van der Waals surface area contributed by atoms with Gasteiger partial charge in [0.05, 0.1) is 16.6 Å². The Balaban J connectivity index is 1.91. The molecule has 3 aromatic rings. The van der Waals surface area contributed by atoms with Gasteiger partial charge >= 0.3 is 10.0 Å². The molecule has 0 aliphatic carbocycles. The first-order valence-electron chi connectivity index (χ1n) is 6.57. The lowest BCUT2D eigenvalue weighted by Gasteiger charge is -2.02. The largest absolute Gasteiger partial charge is 0.367 e. The van der Waals surface area contributed by atoms with E-state index in [0.717, 1.165) is 0 Å². The Bertz CT molecular complexity index is 1030. The van der Waals surface area contributed by atoms with Gasteiger partial charge in [0.1, 0.15) is 0 Å². The monoisotopic (exact) mass is 361 g/mol. The molecule has 0 aliphatic rings. The second-order valence-electron chi connectivity index (χ2n) is 4.66. The lowest BCUT2D eigenvalue weighted by molar-refractivity contribution is 0.578. The molecular formula is C13H11N7O2S2. The summed E-state index contributed by atoms with van der Waals surface area (Å²) in [6.07, 6.45) is 0. The first kappa shape index (κ1) is 15.9. The lowest BCUT2D eigenvalue weighted by Crippen LogP contribution is -2.17. The van der Waals surface area contributed by atoms with Crippen LogP contribution in [-0.2, 0) is 10.0 Å². The number of nitrogen functional groups attached to an aromatic ring is 1. The summed E-state index contributed by atoms with van der Waals surface area (Å²) in [7, 11) is -4.00. The van der Waals surface area contributed by atoms with E-state index in [1.165, 1.54) is 16.7 Å². The second-order valence-corrected chi connectivity index (χ2v) is 7.44. The Labute approximate surface area is 141 Å². The molecule has 24 heavy (non-hydrogen) atoms. The van der Waals surface area contributed by atoms with Crippen LogP contribution in [0.25, 0.3) is 0 Å². The number of hydrogen-bond donors (Lipinski definition) is 2. The molecule has 0 radical (unpaired) electrons. The van der Waals surface area contributed by atoms with Crippen molar-refractivity contribution in [2.75, 3.05) is 11.1 Å². The maximum absolute atomic E-state index is 12.5. The van der Waals surface area contributed by atoms with Crippen LogP contribution in [0.5, 0.6) is 0 Å². The summed E-state index contributed by atoms with van der Waals surface area (Å²) in [4.78, 5) is 7.84. The Kier molecular flexibility index (Phi) is 3.92. The molecular weight excluding hydrogens is 350 g/mol. The van der Waals surface area contributed by atoms with Crippen molar-refractivity contribution in [2.45, 2.75) is 11.9 Å². The van der Waals surface area contributed by atoms with E-state index >= 15 is 0 Å². The number of thiazole rings is 1. The van der Waals surface area contributed by atoms with Crippen molar-refractivity contribution >= 4 is 38.9 Å². The van der Waals surface area contributed by atoms with Gasteiger partial charge in [-0.2, -0.15) is 18.7 Å². The van der Waals surface area contributed by atoms with Gasteiger partial charge in [-0.25, -0.2) is 4.98 Å². The van der Waals surface area contributed by atoms with Crippen LogP contribution in [0.3, 0.4) is 0 Å². The minimum absolute atomic E-state index is 0.0211. The standard InChI is InChI=1S/C13H11N7O2S2/c1-8-16-11(7-23-8)24(21,22)20-12(15)18-13(19-20)17-10-4-2-9(6-14)3-5-10/h2-5,7H,1H3,(H3,15,17,18,19). The third kappa shape index (κ3) is 2.92. The molecule has 0 aliphatic heterocycles. The topological polar surface area (TPSA) is 140 Å². The Morgan fingerprint density at radius 1 is 1.29 bits per heavy atom. The van der Waals surface area contributed by atoms with Gasteiger partial charge in [0.25, 0.3) is 0 Å². The van der Waals surface area contributed by atoms with Crippen LogP contribution >= 0.6 is 11.3 Å². The van der Waals surface area contributed by atoms with Gasteiger partial charge in [-0.15, -0.1) is 20.5 Å². The first-order chi connectivity index (χ1) is 11.4. The fraction of sp³-hybridized carbons (Fsp3) is 0.0769. The quantitative estimate of drug-likeness (QED) is 0.712. The highest BCUT2D eigenvalue weighted by molar-refractivity contribution is 7.90. The summed E-state index contributed by atoms with van der Waals surface area (Å²) in [5, 5.41) is 17.4. The van der Waals surface area contributed by atoms with Gasteiger partial charge in [-0.1, -0.05) is 0 Å². The second kappa shape index (κ2) is 5.91. The molecule has 2 heterocycles. The summed E-state index contributed by atoms with van der Waals surface area (Å²) >= 11 is 1.21. The van der Waals surface area contributed by atoms with Crippen molar-refractivity contribution < 1.29 is 8.42 Å². The number of rotatable bonds is 4. The predicted molar refractivity (Wildman–Crippen MR) is 88.3 cm³/mol. The zero-order chi connectivity index (χ0) is 17.3. The highest BCUT2D eigenvalue weighted by Crippen LogP contribution is 2.21. The minimum Gasteiger partial charge on any atom is -0.367 e. The summed E-state index contributed by atoms with van der Waals surface area (Å²) in [6.45, 7) is 1.70. The molecule has 3 rings (SSSR count). The van der Waals surface area contributed by atoms with E-state index in [0.29, 0.717) is 20.3 Å². The SMILES string of the molecule is Cc1nc(S(=O)(=O)n2nc(Nc3ccc(C#N)cc3)nc2N)cs1. The number of aryl methyl sites for hydroxylation is 1. The van der Waals surface area contributed by atoms with Crippen LogP contribution in [0.2, 0.25) is 0 Å². The number of nitrogens with two attached hydrogens (primary N) is 1. The van der Waals surface area contributed by atoms with Crippen LogP contribution in [0.4, 0.5) is 17.6 Å². The Morgan fingerprint density at radius 3 is 2.58 bits per heavy atom. The molecule has 122 valence electrons. The maximum Gasteiger partial charge on any atom is 0.304 e. The third-order valence-corrected chi connectivity index (χ3v) is 5.35. The lowest BCUT2D eigenvalue weighted by atomic mass is 10.2. The number of nitriles is 1. The molecule has 9 nitrogen and oxygen atoms in total. The van der Waals surface area contributed by atoms with E-state index in [1.807, 2.05) is 6.07 Å².